The average Bonchev–Trinajstić information content (AvgIpc) is 2.74. The molecule has 0 saturated heterocycles. The molecule has 0 spiro atoms. The third-order valence-corrected chi connectivity index (χ3v) is 4.06. The second kappa shape index (κ2) is 8.23. The van der Waals surface area contributed by atoms with Crippen LogP contribution in [0.5, 0.6) is 17.2 Å². The molecular formula is C21H20N2O4. The molecule has 27 heavy (non-hydrogen) atoms. The number of nitrogens with one attached hydrogen (secondary N) is 1. The Morgan fingerprint density at radius 1 is 0.852 bits per heavy atom. The van der Waals surface area contributed by atoms with Crippen LogP contribution < -0.4 is 19.5 Å². The minimum Gasteiger partial charge on any atom is -0.497 e. The van der Waals surface area contributed by atoms with Gasteiger partial charge in [0.2, 0.25) is 0 Å². The van der Waals surface area contributed by atoms with Crippen molar-refractivity contribution in [2.24, 2.45) is 0 Å². The topological polar surface area (TPSA) is 69.7 Å². The highest BCUT2D eigenvalue weighted by Crippen LogP contribution is 2.30. The van der Waals surface area contributed by atoms with Crippen molar-refractivity contribution in [2.45, 2.75) is 0 Å². The lowest BCUT2D eigenvalue weighted by Crippen LogP contribution is -2.13. The minimum atomic E-state index is -0.282. The molecule has 1 N–H and O–H groups in total. The Morgan fingerprint density at radius 2 is 1.63 bits per heavy atom. The van der Waals surface area contributed by atoms with E-state index in [0.717, 1.165) is 16.9 Å². The average molecular weight is 364 g/mol. The molecule has 0 saturated carbocycles. The lowest BCUT2D eigenvalue weighted by molar-refractivity contribution is 0.102. The SMILES string of the molecule is COc1cccc(-c2cncc(C(=O)Nc3ccc(OC)cc3OC)c2)c1. The molecule has 0 unspecified atom stereocenters. The summed E-state index contributed by atoms with van der Waals surface area (Å²) < 4.78 is 15.7. The third-order valence-electron chi connectivity index (χ3n) is 4.06. The van der Waals surface area contributed by atoms with Crippen LogP contribution in [0, 0.1) is 0 Å². The van der Waals surface area contributed by atoms with Crippen molar-refractivity contribution in [2.75, 3.05) is 26.6 Å². The van der Waals surface area contributed by atoms with Gasteiger partial charge in [-0.25, -0.2) is 0 Å². The number of carbonyl (C=O) groups excluding carboxylic acids is 1. The zero-order valence-electron chi connectivity index (χ0n) is 15.4. The molecule has 0 aliphatic rings. The Kier molecular flexibility index (Phi) is 5.56. The van der Waals surface area contributed by atoms with E-state index in [1.165, 1.54) is 13.3 Å². The molecule has 6 nitrogen and oxygen atoms in total. The molecule has 3 aromatic rings. The summed E-state index contributed by atoms with van der Waals surface area (Å²) in [4.78, 5) is 16.9. The first-order chi connectivity index (χ1) is 13.1. The van der Waals surface area contributed by atoms with Gasteiger partial charge in [0, 0.05) is 24.0 Å². The van der Waals surface area contributed by atoms with E-state index in [0.29, 0.717) is 22.7 Å². The molecule has 1 aromatic heterocycles. The Hall–Kier alpha value is -3.54. The summed E-state index contributed by atoms with van der Waals surface area (Å²) >= 11 is 0. The number of hydrogen-bond acceptors (Lipinski definition) is 5. The predicted octanol–water partition coefficient (Wildman–Crippen LogP) is 4.03. The number of hydrogen-bond donors (Lipinski definition) is 1. The van der Waals surface area contributed by atoms with E-state index < -0.39 is 0 Å². The van der Waals surface area contributed by atoms with Crippen LogP contribution in [-0.2, 0) is 0 Å². The van der Waals surface area contributed by atoms with Crippen LogP contribution in [0.4, 0.5) is 5.69 Å². The molecule has 0 bridgehead atoms. The highest BCUT2D eigenvalue weighted by molar-refractivity contribution is 6.05. The molecule has 1 amide bonds. The lowest BCUT2D eigenvalue weighted by atomic mass is 10.1. The van der Waals surface area contributed by atoms with Crippen LogP contribution in [0.2, 0.25) is 0 Å². The van der Waals surface area contributed by atoms with Crippen LogP contribution in [0.3, 0.4) is 0 Å². The van der Waals surface area contributed by atoms with Gasteiger partial charge in [0.15, 0.2) is 0 Å². The predicted molar refractivity (Wildman–Crippen MR) is 104 cm³/mol. The van der Waals surface area contributed by atoms with Gasteiger partial charge in [0.25, 0.3) is 5.91 Å². The maximum Gasteiger partial charge on any atom is 0.257 e. The minimum absolute atomic E-state index is 0.282. The highest BCUT2D eigenvalue weighted by atomic mass is 16.5. The fourth-order valence-corrected chi connectivity index (χ4v) is 2.62. The van der Waals surface area contributed by atoms with Crippen LogP contribution in [0.25, 0.3) is 11.1 Å². The van der Waals surface area contributed by atoms with Gasteiger partial charge < -0.3 is 19.5 Å². The van der Waals surface area contributed by atoms with Crippen molar-refractivity contribution in [3.8, 4) is 28.4 Å². The maximum atomic E-state index is 12.7. The fourth-order valence-electron chi connectivity index (χ4n) is 2.62. The summed E-state index contributed by atoms with van der Waals surface area (Å²) in [5, 5.41) is 2.85. The second-order valence-electron chi connectivity index (χ2n) is 5.71. The van der Waals surface area contributed by atoms with E-state index in [1.54, 1.807) is 44.7 Å². The number of rotatable bonds is 6. The van der Waals surface area contributed by atoms with Gasteiger partial charge in [-0.2, -0.15) is 0 Å². The first kappa shape index (κ1) is 18.3. The molecule has 0 atom stereocenters. The first-order valence-electron chi connectivity index (χ1n) is 8.27. The number of aromatic nitrogens is 1. The maximum absolute atomic E-state index is 12.7. The molecule has 0 aliphatic heterocycles. The van der Waals surface area contributed by atoms with Crippen molar-refractivity contribution in [3.63, 3.8) is 0 Å². The number of benzene rings is 2. The van der Waals surface area contributed by atoms with Gasteiger partial charge in [0.1, 0.15) is 17.2 Å². The number of amides is 1. The van der Waals surface area contributed by atoms with E-state index >= 15 is 0 Å². The molecule has 0 radical (unpaired) electrons. The largest absolute Gasteiger partial charge is 0.497 e. The molecule has 0 fully saturated rings. The van der Waals surface area contributed by atoms with Gasteiger partial charge in [-0.15, -0.1) is 0 Å². The molecule has 3 rings (SSSR count). The zero-order valence-corrected chi connectivity index (χ0v) is 15.4. The molecule has 2 aromatic carbocycles. The normalized spacial score (nSPS) is 10.2. The Balaban J connectivity index is 1.86. The van der Waals surface area contributed by atoms with Gasteiger partial charge >= 0.3 is 0 Å². The Morgan fingerprint density at radius 3 is 2.37 bits per heavy atom. The second-order valence-corrected chi connectivity index (χ2v) is 5.71. The Labute approximate surface area is 157 Å². The number of carbonyl (C=O) groups is 1. The van der Waals surface area contributed by atoms with E-state index in [4.69, 9.17) is 14.2 Å². The van der Waals surface area contributed by atoms with Gasteiger partial charge in [-0.1, -0.05) is 12.1 Å². The number of nitrogens with zero attached hydrogens (tertiary/aromatic N) is 1. The summed E-state index contributed by atoms with van der Waals surface area (Å²) in [6, 6.07) is 14.6. The molecule has 1 heterocycles. The molecular weight excluding hydrogens is 344 g/mol. The Bertz CT molecular complexity index is 956. The van der Waals surface area contributed by atoms with Gasteiger partial charge in [-0.05, 0) is 35.9 Å². The van der Waals surface area contributed by atoms with Crippen molar-refractivity contribution >= 4 is 11.6 Å². The van der Waals surface area contributed by atoms with Crippen LogP contribution in [0.1, 0.15) is 10.4 Å². The summed E-state index contributed by atoms with van der Waals surface area (Å²) in [5.74, 6) is 1.62. The van der Waals surface area contributed by atoms with Gasteiger partial charge in [0.05, 0.1) is 32.6 Å². The third kappa shape index (κ3) is 4.17. The summed E-state index contributed by atoms with van der Waals surface area (Å²) in [7, 11) is 4.72. The highest BCUT2D eigenvalue weighted by Gasteiger charge is 2.12. The number of methoxy groups -OCH3 is 3. The lowest BCUT2D eigenvalue weighted by Gasteiger charge is -2.12. The molecule has 6 heteroatoms. The first-order valence-corrected chi connectivity index (χ1v) is 8.27. The summed E-state index contributed by atoms with van der Waals surface area (Å²) in [5.41, 5.74) is 2.73. The number of pyridine rings is 1. The summed E-state index contributed by atoms with van der Waals surface area (Å²) in [6.07, 6.45) is 3.23. The van der Waals surface area contributed by atoms with E-state index in [1.807, 2.05) is 24.3 Å². The van der Waals surface area contributed by atoms with E-state index in [2.05, 4.69) is 10.3 Å². The van der Waals surface area contributed by atoms with Crippen LogP contribution >= 0.6 is 0 Å². The summed E-state index contributed by atoms with van der Waals surface area (Å²) in [6.45, 7) is 0. The van der Waals surface area contributed by atoms with Crippen LogP contribution in [0.15, 0.2) is 60.9 Å². The van der Waals surface area contributed by atoms with Crippen molar-refractivity contribution in [1.82, 2.24) is 4.98 Å². The molecule has 138 valence electrons. The fraction of sp³-hybridized carbons (Fsp3) is 0.143. The monoisotopic (exact) mass is 364 g/mol. The zero-order chi connectivity index (χ0) is 19.2. The quantitative estimate of drug-likeness (QED) is 0.715. The van der Waals surface area contributed by atoms with Crippen LogP contribution in [-0.4, -0.2) is 32.2 Å². The smallest absolute Gasteiger partial charge is 0.257 e. The molecule has 0 aliphatic carbocycles. The van der Waals surface area contributed by atoms with Crippen molar-refractivity contribution < 1.29 is 19.0 Å². The standard InChI is InChI=1S/C21H20N2O4/c1-25-17-6-4-5-14(10-17)15-9-16(13-22-12-15)21(24)23-19-8-7-18(26-2)11-20(19)27-3/h4-13H,1-3H3,(H,23,24). The van der Waals surface area contributed by atoms with Crippen molar-refractivity contribution in [3.05, 3.63) is 66.5 Å². The van der Waals surface area contributed by atoms with Gasteiger partial charge in [-0.3, -0.25) is 9.78 Å². The van der Waals surface area contributed by atoms with Crippen molar-refractivity contribution in [1.29, 1.82) is 0 Å². The van der Waals surface area contributed by atoms with E-state index in [9.17, 15) is 4.79 Å². The number of anilines is 1. The van der Waals surface area contributed by atoms with E-state index in [-0.39, 0.29) is 5.91 Å². The number of ether oxygens (including phenoxy) is 3.